The van der Waals surface area contributed by atoms with E-state index in [1.165, 1.54) is 0 Å². The first-order valence-electron chi connectivity index (χ1n) is 10.2. The van der Waals surface area contributed by atoms with E-state index in [-0.39, 0.29) is 12.5 Å². The lowest BCUT2D eigenvalue weighted by atomic mass is 10.1. The number of nitrogens with zero attached hydrogens (tertiary/aromatic N) is 2. The van der Waals surface area contributed by atoms with Crippen LogP contribution in [0.5, 0.6) is 0 Å². The fraction of sp³-hybridized carbons (Fsp3) is 0.160. The molecule has 0 bridgehead atoms. The van der Waals surface area contributed by atoms with Crippen LogP contribution in [0, 0.1) is 0 Å². The van der Waals surface area contributed by atoms with Crippen molar-refractivity contribution < 1.29 is 14.1 Å². The molecular weight excluding hydrogens is 426 g/mol. The monoisotopic (exact) mass is 447 g/mol. The smallest absolute Gasteiger partial charge is 0.249 e. The molecule has 1 amide bonds. The number of nitrogens with one attached hydrogen (secondary N) is 1. The van der Waals surface area contributed by atoms with E-state index in [1.54, 1.807) is 12.1 Å². The molecule has 0 aliphatic rings. The van der Waals surface area contributed by atoms with Gasteiger partial charge in [0.1, 0.15) is 12.6 Å². The lowest BCUT2D eigenvalue weighted by Gasteiger charge is -2.15. The number of halogens is 1. The Morgan fingerprint density at radius 1 is 0.938 bits per heavy atom. The van der Waals surface area contributed by atoms with Gasteiger partial charge >= 0.3 is 0 Å². The number of aromatic nitrogens is 2. The van der Waals surface area contributed by atoms with Crippen molar-refractivity contribution in [1.82, 2.24) is 15.5 Å². The van der Waals surface area contributed by atoms with Crippen molar-refractivity contribution in [3.8, 4) is 11.4 Å². The molecule has 0 aliphatic carbocycles. The van der Waals surface area contributed by atoms with Gasteiger partial charge in [-0.05, 0) is 35.4 Å². The van der Waals surface area contributed by atoms with Crippen LogP contribution in [0.3, 0.4) is 0 Å². The van der Waals surface area contributed by atoms with Crippen LogP contribution in [0.1, 0.15) is 23.1 Å². The Morgan fingerprint density at radius 3 is 2.28 bits per heavy atom. The van der Waals surface area contributed by atoms with E-state index in [9.17, 15) is 4.79 Å². The molecule has 0 aliphatic heterocycles. The molecule has 3 aromatic carbocycles. The Kier molecular flexibility index (Phi) is 7.27. The van der Waals surface area contributed by atoms with Crippen LogP contribution in [0.2, 0.25) is 5.02 Å². The lowest BCUT2D eigenvalue weighted by Crippen LogP contribution is -2.33. The van der Waals surface area contributed by atoms with Crippen LogP contribution in [0.15, 0.2) is 89.5 Å². The minimum absolute atomic E-state index is 0.0711. The van der Waals surface area contributed by atoms with Crippen molar-refractivity contribution in [3.05, 3.63) is 107 Å². The Hall–Kier alpha value is -3.48. The van der Waals surface area contributed by atoms with Gasteiger partial charge < -0.3 is 14.6 Å². The summed E-state index contributed by atoms with van der Waals surface area (Å²) in [6.07, 6.45) is 0.507. The molecule has 0 radical (unpaired) electrons. The largest absolute Gasteiger partial charge is 0.367 e. The summed E-state index contributed by atoms with van der Waals surface area (Å²) in [6, 6.07) is 26.2. The number of ether oxygens (including phenoxy) is 1. The van der Waals surface area contributed by atoms with Gasteiger partial charge in [0.05, 0.1) is 6.61 Å². The van der Waals surface area contributed by atoms with Crippen molar-refractivity contribution in [3.63, 3.8) is 0 Å². The highest BCUT2D eigenvalue weighted by Gasteiger charge is 2.22. The van der Waals surface area contributed by atoms with E-state index in [2.05, 4.69) is 15.5 Å². The topological polar surface area (TPSA) is 77.2 Å². The van der Waals surface area contributed by atoms with Crippen molar-refractivity contribution in [1.29, 1.82) is 0 Å². The van der Waals surface area contributed by atoms with Crippen molar-refractivity contribution in [2.75, 3.05) is 6.61 Å². The molecule has 7 heteroatoms. The summed E-state index contributed by atoms with van der Waals surface area (Å²) >= 11 is 5.96. The lowest BCUT2D eigenvalue weighted by molar-refractivity contribution is -0.127. The highest BCUT2D eigenvalue weighted by Crippen LogP contribution is 2.23. The summed E-state index contributed by atoms with van der Waals surface area (Å²) in [5.41, 5.74) is 2.82. The number of carbonyl (C=O) groups is 1. The van der Waals surface area contributed by atoms with Gasteiger partial charge in [0.2, 0.25) is 17.6 Å². The zero-order valence-electron chi connectivity index (χ0n) is 17.3. The third kappa shape index (κ3) is 6.03. The summed E-state index contributed by atoms with van der Waals surface area (Å²) in [5.74, 6) is 0.507. The number of rotatable bonds is 9. The van der Waals surface area contributed by atoms with Gasteiger partial charge in [0, 0.05) is 17.0 Å². The van der Waals surface area contributed by atoms with Gasteiger partial charge in [-0.1, -0.05) is 77.4 Å². The predicted molar refractivity (Wildman–Crippen MR) is 122 cm³/mol. The number of hydrogen-bond donors (Lipinski definition) is 1. The molecule has 0 unspecified atom stereocenters. The summed E-state index contributed by atoms with van der Waals surface area (Å²) in [4.78, 5) is 17.1. The number of amides is 1. The zero-order valence-corrected chi connectivity index (χ0v) is 18.0. The van der Waals surface area contributed by atoms with Gasteiger partial charge in [0.15, 0.2) is 0 Å². The van der Waals surface area contributed by atoms with E-state index in [4.69, 9.17) is 20.9 Å². The molecule has 1 atom stereocenters. The quantitative estimate of drug-likeness (QED) is 0.390. The molecule has 6 nitrogen and oxygen atoms in total. The molecule has 0 saturated carbocycles. The first kappa shape index (κ1) is 21.7. The maximum absolute atomic E-state index is 12.6. The maximum Gasteiger partial charge on any atom is 0.249 e. The van der Waals surface area contributed by atoms with Gasteiger partial charge in [-0.2, -0.15) is 4.98 Å². The maximum atomic E-state index is 12.6. The Morgan fingerprint density at radius 2 is 1.59 bits per heavy atom. The van der Waals surface area contributed by atoms with Crippen LogP contribution >= 0.6 is 11.6 Å². The number of carbonyl (C=O) groups excluding carboxylic acids is 1. The van der Waals surface area contributed by atoms with Crippen molar-refractivity contribution in [2.24, 2.45) is 0 Å². The van der Waals surface area contributed by atoms with Gasteiger partial charge in [-0.25, -0.2) is 0 Å². The van der Waals surface area contributed by atoms with Crippen molar-refractivity contribution in [2.45, 2.75) is 19.1 Å². The first-order valence-corrected chi connectivity index (χ1v) is 10.6. The number of benzene rings is 3. The predicted octanol–water partition coefficient (Wildman–Crippen LogP) is 5.01. The third-order valence-electron chi connectivity index (χ3n) is 4.80. The average molecular weight is 448 g/mol. The molecule has 162 valence electrons. The first-order chi connectivity index (χ1) is 15.7. The Labute approximate surface area is 191 Å². The van der Waals surface area contributed by atoms with Crippen LogP contribution < -0.4 is 5.32 Å². The number of hydrogen-bond acceptors (Lipinski definition) is 5. The van der Waals surface area contributed by atoms with Crippen LogP contribution in [-0.2, 0) is 22.6 Å². The second-order valence-electron chi connectivity index (χ2n) is 7.25. The van der Waals surface area contributed by atoms with E-state index in [1.807, 2.05) is 72.8 Å². The van der Waals surface area contributed by atoms with Crippen LogP contribution in [0.25, 0.3) is 11.4 Å². The molecular formula is C25H22ClN3O3. The second kappa shape index (κ2) is 10.7. The minimum atomic E-state index is -0.487. The molecule has 1 heterocycles. The molecule has 32 heavy (non-hydrogen) atoms. The minimum Gasteiger partial charge on any atom is -0.367 e. The van der Waals surface area contributed by atoms with E-state index >= 15 is 0 Å². The summed E-state index contributed by atoms with van der Waals surface area (Å²) in [6.45, 7) is 0.289. The normalized spacial score (nSPS) is 11.8. The highest BCUT2D eigenvalue weighted by molar-refractivity contribution is 6.30. The zero-order chi connectivity index (χ0) is 22.2. The SMILES string of the molecule is O=C(COCc1ccccc1)N[C@H](Cc1ccccc1)c1nc(-c2ccc(Cl)cc2)no1. The van der Waals surface area contributed by atoms with E-state index < -0.39 is 6.04 Å². The molecule has 1 aromatic heterocycles. The molecule has 0 spiro atoms. The Balaban J connectivity index is 1.45. The van der Waals surface area contributed by atoms with Gasteiger partial charge in [-0.15, -0.1) is 0 Å². The van der Waals surface area contributed by atoms with Crippen LogP contribution in [0.4, 0.5) is 0 Å². The summed E-state index contributed by atoms with van der Waals surface area (Å²) in [5, 5.41) is 7.66. The molecule has 4 rings (SSSR count). The standard InChI is InChI=1S/C25H22ClN3O3/c26-21-13-11-20(12-14-21)24-28-25(32-29-24)22(15-18-7-3-1-4-8-18)27-23(30)17-31-16-19-9-5-2-6-10-19/h1-14,22H,15-17H2,(H,27,30)/t22-/m1/s1. The van der Waals surface area contributed by atoms with E-state index in [0.717, 1.165) is 16.7 Å². The third-order valence-corrected chi connectivity index (χ3v) is 5.06. The average Bonchev–Trinajstić information content (AvgIpc) is 3.31. The fourth-order valence-electron chi connectivity index (χ4n) is 3.21. The second-order valence-corrected chi connectivity index (χ2v) is 7.69. The molecule has 1 N–H and O–H groups in total. The molecule has 0 fully saturated rings. The molecule has 4 aromatic rings. The van der Waals surface area contributed by atoms with Gasteiger partial charge in [0.25, 0.3) is 0 Å². The van der Waals surface area contributed by atoms with E-state index in [0.29, 0.717) is 29.8 Å². The Bertz CT molecular complexity index is 1130. The summed E-state index contributed by atoms with van der Waals surface area (Å²) in [7, 11) is 0. The van der Waals surface area contributed by atoms with Crippen LogP contribution in [-0.4, -0.2) is 22.7 Å². The summed E-state index contributed by atoms with van der Waals surface area (Å²) < 4.78 is 11.1. The fourth-order valence-corrected chi connectivity index (χ4v) is 3.34. The highest BCUT2D eigenvalue weighted by atomic mass is 35.5. The van der Waals surface area contributed by atoms with Gasteiger partial charge in [-0.3, -0.25) is 4.79 Å². The van der Waals surface area contributed by atoms with Crippen molar-refractivity contribution >= 4 is 17.5 Å². The molecule has 0 saturated heterocycles.